The highest BCUT2D eigenvalue weighted by molar-refractivity contribution is 5.16. The molecular formula is C9H15N. The summed E-state index contributed by atoms with van der Waals surface area (Å²) < 4.78 is 0. The van der Waals surface area contributed by atoms with Gasteiger partial charge in [0.1, 0.15) is 0 Å². The van der Waals surface area contributed by atoms with E-state index in [-0.39, 0.29) is 5.54 Å². The first-order chi connectivity index (χ1) is 4.62. The summed E-state index contributed by atoms with van der Waals surface area (Å²) in [5, 5.41) is 0. The first-order valence-corrected chi connectivity index (χ1v) is 3.35. The summed E-state index contributed by atoms with van der Waals surface area (Å²) in [6.07, 6.45) is 9.43. The molecule has 0 saturated heterocycles. The molecule has 1 nitrogen and oxygen atoms in total. The van der Waals surface area contributed by atoms with Gasteiger partial charge in [-0.1, -0.05) is 30.4 Å². The second kappa shape index (κ2) is 4.07. The van der Waals surface area contributed by atoms with Crippen molar-refractivity contribution in [2.75, 3.05) is 0 Å². The normalized spacial score (nSPS) is 17.9. The summed E-state index contributed by atoms with van der Waals surface area (Å²) in [5.41, 5.74) is 5.34. The quantitative estimate of drug-likeness (QED) is 0.467. The lowest BCUT2D eigenvalue weighted by molar-refractivity contribution is 0.737. The molecule has 0 aromatic heterocycles. The van der Waals surface area contributed by atoms with Crippen LogP contribution in [0.3, 0.4) is 0 Å². The maximum absolute atomic E-state index is 5.72. The van der Waals surface area contributed by atoms with Crippen LogP contribution in [0.5, 0.6) is 0 Å². The lowest BCUT2D eigenvalue weighted by Crippen LogP contribution is -2.30. The topological polar surface area (TPSA) is 26.0 Å². The zero-order valence-electron chi connectivity index (χ0n) is 6.67. The third-order valence-electron chi connectivity index (χ3n) is 1.20. The number of nitrogens with two attached hydrogens (primary N) is 1. The van der Waals surface area contributed by atoms with Crippen molar-refractivity contribution in [3.63, 3.8) is 0 Å². The predicted octanol–water partition coefficient (Wildman–Crippen LogP) is 2.02. The fourth-order valence-electron chi connectivity index (χ4n) is 0.442. The summed E-state index contributed by atoms with van der Waals surface area (Å²) in [4.78, 5) is 0. The maximum atomic E-state index is 5.72. The zero-order valence-corrected chi connectivity index (χ0v) is 6.67. The van der Waals surface area contributed by atoms with Crippen LogP contribution < -0.4 is 5.73 Å². The molecule has 0 radical (unpaired) electrons. The van der Waals surface area contributed by atoms with Gasteiger partial charge >= 0.3 is 0 Å². The third kappa shape index (κ3) is 4.10. The van der Waals surface area contributed by atoms with Gasteiger partial charge in [-0.25, -0.2) is 0 Å². The van der Waals surface area contributed by atoms with Crippen molar-refractivity contribution in [2.24, 2.45) is 5.73 Å². The van der Waals surface area contributed by atoms with Gasteiger partial charge in [-0.3, -0.25) is 0 Å². The zero-order chi connectivity index (χ0) is 8.04. The van der Waals surface area contributed by atoms with E-state index >= 15 is 0 Å². The van der Waals surface area contributed by atoms with Crippen LogP contribution in [0.1, 0.15) is 13.8 Å². The van der Waals surface area contributed by atoms with Gasteiger partial charge in [0.2, 0.25) is 0 Å². The Hall–Kier alpha value is -0.820. The summed E-state index contributed by atoms with van der Waals surface area (Å²) in [6, 6.07) is 0. The molecule has 0 bridgehead atoms. The molecule has 1 atom stereocenters. The van der Waals surface area contributed by atoms with Crippen LogP contribution in [0.4, 0.5) is 0 Å². The smallest absolute Gasteiger partial charge is 0.0496 e. The minimum atomic E-state index is -0.375. The molecule has 0 saturated carbocycles. The van der Waals surface area contributed by atoms with E-state index in [2.05, 4.69) is 6.58 Å². The summed E-state index contributed by atoms with van der Waals surface area (Å²) in [6.45, 7) is 7.48. The SMILES string of the molecule is C=CC(C)(N)/C=C\C=C/C. The van der Waals surface area contributed by atoms with Gasteiger partial charge in [0, 0.05) is 5.54 Å². The molecule has 0 aliphatic carbocycles. The number of hydrogen-bond donors (Lipinski definition) is 1. The standard InChI is InChI=1S/C9H15N/c1-4-6-7-8-9(3,10)5-2/h4-8H,2,10H2,1,3H3/b6-4-,8-7-. The Bertz CT molecular complexity index is 152. The van der Waals surface area contributed by atoms with E-state index in [1.807, 2.05) is 38.2 Å². The van der Waals surface area contributed by atoms with Crippen molar-refractivity contribution in [3.8, 4) is 0 Å². The largest absolute Gasteiger partial charge is 0.319 e. The second-order valence-corrected chi connectivity index (χ2v) is 2.46. The highest BCUT2D eigenvalue weighted by Crippen LogP contribution is 2.01. The Kier molecular flexibility index (Phi) is 3.74. The van der Waals surface area contributed by atoms with Gasteiger partial charge in [-0.2, -0.15) is 0 Å². The van der Waals surface area contributed by atoms with Gasteiger partial charge in [0.25, 0.3) is 0 Å². The van der Waals surface area contributed by atoms with Crippen molar-refractivity contribution in [2.45, 2.75) is 19.4 Å². The molecule has 56 valence electrons. The van der Waals surface area contributed by atoms with E-state index in [0.717, 1.165) is 0 Å². The van der Waals surface area contributed by atoms with Crippen molar-refractivity contribution < 1.29 is 0 Å². The highest BCUT2D eigenvalue weighted by Gasteiger charge is 2.05. The van der Waals surface area contributed by atoms with Crippen LogP contribution >= 0.6 is 0 Å². The van der Waals surface area contributed by atoms with E-state index < -0.39 is 0 Å². The van der Waals surface area contributed by atoms with Gasteiger partial charge < -0.3 is 5.73 Å². The van der Waals surface area contributed by atoms with Crippen molar-refractivity contribution in [1.82, 2.24) is 0 Å². The molecule has 0 rings (SSSR count). The van der Waals surface area contributed by atoms with Crippen LogP contribution in [0.2, 0.25) is 0 Å². The molecule has 1 heteroatoms. The number of allylic oxidation sites excluding steroid dienone is 3. The Morgan fingerprint density at radius 3 is 2.40 bits per heavy atom. The highest BCUT2D eigenvalue weighted by atomic mass is 14.7. The van der Waals surface area contributed by atoms with Gasteiger partial charge in [0.05, 0.1) is 0 Å². The maximum Gasteiger partial charge on any atom is 0.0496 e. The molecule has 1 unspecified atom stereocenters. The predicted molar refractivity (Wildman–Crippen MR) is 46.7 cm³/mol. The van der Waals surface area contributed by atoms with Crippen LogP contribution in [0.15, 0.2) is 37.0 Å². The van der Waals surface area contributed by atoms with Crippen LogP contribution in [-0.2, 0) is 0 Å². The van der Waals surface area contributed by atoms with Crippen molar-refractivity contribution in [1.29, 1.82) is 0 Å². The van der Waals surface area contributed by atoms with Gasteiger partial charge in [-0.15, -0.1) is 6.58 Å². The molecule has 0 aromatic rings. The van der Waals surface area contributed by atoms with Crippen LogP contribution in [0, 0.1) is 0 Å². The fourth-order valence-corrected chi connectivity index (χ4v) is 0.442. The lowest BCUT2D eigenvalue weighted by Gasteiger charge is -2.12. The van der Waals surface area contributed by atoms with Gasteiger partial charge in [0.15, 0.2) is 0 Å². The Morgan fingerprint density at radius 2 is 2.00 bits per heavy atom. The lowest BCUT2D eigenvalue weighted by atomic mass is 10.0. The summed E-state index contributed by atoms with van der Waals surface area (Å²) >= 11 is 0. The molecule has 0 amide bonds. The molecule has 0 fully saturated rings. The Morgan fingerprint density at radius 1 is 1.40 bits per heavy atom. The van der Waals surface area contributed by atoms with Crippen molar-refractivity contribution >= 4 is 0 Å². The second-order valence-electron chi connectivity index (χ2n) is 2.46. The van der Waals surface area contributed by atoms with Gasteiger partial charge in [-0.05, 0) is 13.8 Å². The van der Waals surface area contributed by atoms with Crippen LogP contribution in [-0.4, -0.2) is 5.54 Å². The Balaban J connectivity index is 3.98. The molecular weight excluding hydrogens is 122 g/mol. The molecule has 2 N–H and O–H groups in total. The monoisotopic (exact) mass is 137 g/mol. The van der Waals surface area contributed by atoms with E-state index in [0.29, 0.717) is 0 Å². The summed E-state index contributed by atoms with van der Waals surface area (Å²) in [7, 11) is 0. The minimum Gasteiger partial charge on any atom is -0.319 e. The van der Waals surface area contributed by atoms with E-state index in [1.165, 1.54) is 0 Å². The first-order valence-electron chi connectivity index (χ1n) is 3.35. The average Bonchev–Trinajstić information content (AvgIpc) is 1.89. The molecule has 0 spiro atoms. The molecule has 0 heterocycles. The fraction of sp³-hybridized carbons (Fsp3) is 0.333. The molecule has 0 aromatic carbocycles. The van der Waals surface area contributed by atoms with E-state index in [4.69, 9.17) is 5.73 Å². The molecule has 10 heavy (non-hydrogen) atoms. The molecule has 0 aliphatic heterocycles. The minimum absolute atomic E-state index is 0.375. The van der Waals surface area contributed by atoms with Crippen LogP contribution in [0.25, 0.3) is 0 Å². The van der Waals surface area contributed by atoms with Crippen molar-refractivity contribution in [3.05, 3.63) is 37.0 Å². The number of hydrogen-bond acceptors (Lipinski definition) is 1. The van der Waals surface area contributed by atoms with E-state index in [9.17, 15) is 0 Å². The van der Waals surface area contributed by atoms with E-state index in [1.54, 1.807) is 6.08 Å². The first kappa shape index (κ1) is 9.18. The summed E-state index contributed by atoms with van der Waals surface area (Å²) in [5.74, 6) is 0. The Labute approximate surface area is 62.9 Å². The number of rotatable bonds is 3. The average molecular weight is 137 g/mol. The molecule has 0 aliphatic rings. The third-order valence-corrected chi connectivity index (χ3v) is 1.20.